The lowest BCUT2D eigenvalue weighted by Gasteiger charge is -2.35. The van der Waals surface area contributed by atoms with E-state index in [1.165, 1.54) is 0 Å². The fourth-order valence-electron chi connectivity index (χ4n) is 3.51. The molecule has 0 aromatic carbocycles. The minimum atomic E-state index is -4.29. The van der Waals surface area contributed by atoms with Crippen LogP contribution in [0.5, 0.6) is 0 Å². The van der Waals surface area contributed by atoms with Gasteiger partial charge in [-0.3, -0.25) is 14.3 Å². The number of ether oxygens (including phenoxy) is 1. The number of morpholine rings is 1. The summed E-state index contributed by atoms with van der Waals surface area (Å²) in [4.78, 5) is 2.23. The maximum absolute atomic E-state index is 12.8. The zero-order valence-electron chi connectivity index (χ0n) is 15.3. The highest BCUT2D eigenvalue weighted by atomic mass is 19.4. The molecule has 1 atom stereocenters. The predicted molar refractivity (Wildman–Crippen MR) is 89.6 cm³/mol. The number of hydrogen-bond donors (Lipinski definition) is 0. The summed E-state index contributed by atoms with van der Waals surface area (Å²) in [6.45, 7) is 7.65. The summed E-state index contributed by atoms with van der Waals surface area (Å²) >= 11 is 0. The molecule has 0 bridgehead atoms. The summed E-state index contributed by atoms with van der Waals surface area (Å²) in [6, 6.07) is -0.115. The van der Waals surface area contributed by atoms with Crippen LogP contribution in [0.25, 0.3) is 0 Å². The Morgan fingerprint density at radius 1 is 1.31 bits per heavy atom. The van der Waals surface area contributed by atoms with Gasteiger partial charge in [0, 0.05) is 42.7 Å². The molecule has 0 spiro atoms. The van der Waals surface area contributed by atoms with Crippen molar-refractivity contribution in [2.75, 3.05) is 19.8 Å². The highest BCUT2D eigenvalue weighted by molar-refractivity contribution is 5.29. The summed E-state index contributed by atoms with van der Waals surface area (Å²) in [5.74, 6) is 0. The van der Waals surface area contributed by atoms with E-state index >= 15 is 0 Å². The quantitative estimate of drug-likeness (QED) is 0.811. The van der Waals surface area contributed by atoms with Crippen molar-refractivity contribution in [3.63, 3.8) is 0 Å². The second kappa shape index (κ2) is 7.40. The number of aromatic nitrogens is 4. The van der Waals surface area contributed by atoms with Gasteiger partial charge in [0.1, 0.15) is 6.54 Å². The number of aryl methyl sites for hydroxylation is 2. The molecule has 144 valence electrons. The maximum Gasteiger partial charge on any atom is 0.408 e. The predicted octanol–water partition coefficient (Wildman–Crippen LogP) is 2.85. The first kappa shape index (κ1) is 18.9. The SMILES string of the molecule is CCn1cc(CN2CCOC[C@@H]2c2c(C)nn(CC(F)(F)F)c2C)cn1. The number of alkyl halides is 3. The Bertz CT molecular complexity index is 752. The maximum atomic E-state index is 12.8. The van der Waals surface area contributed by atoms with Crippen molar-refractivity contribution >= 4 is 0 Å². The van der Waals surface area contributed by atoms with Crippen LogP contribution in [0.3, 0.4) is 0 Å². The molecule has 0 aliphatic carbocycles. The number of rotatable bonds is 5. The summed E-state index contributed by atoms with van der Waals surface area (Å²) in [5, 5.41) is 8.42. The molecule has 26 heavy (non-hydrogen) atoms. The molecule has 1 aliphatic rings. The van der Waals surface area contributed by atoms with Crippen LogP contribution in [0.1, 0.15) is 35.5 Å². The van der Waals surface area contributed by atoms with Crippen LogP contribution in [-0.4, -0.2) is 50.4 Å². The molecule has 2 aromatic heterocycles. The van der Waals surface area contributed by atoms with Crippen molar-refractivity contribution in [2.45, 2.75) is 52.6 Å². The Balaban J connectivity index is 1.85. The largest absolute Gasteiger partial charge is 0.408 e. The van der Waals surface area contributed by atoms with E-state index < -0.39 is 12.7 Å². The minimum absolute atomic E-state index is 0.115. The average molecular weight is 371 g/mol. The number of nitrogens with zero attached hydrogens (tertiary/aromatic N) is 5. The lowest BCUT2D eigenvalue weighted by Crippen LogP contribution is -2.39. The van der Waals surface area contributed by atoms with Gasteiger partial charge in [0.15, 0.2) is 0 Å². The summed E-state index contributed by atoms with van der Waals surface area (Å²) in [6.07, 6.45) is -0.458. The first-order valence-corrected chi connectivity index (χ1v) is 8.72. The topological polar surface area (TPSA) is 48.1 Å². The van der Waals surface area contributed by atoms with Crippen LogP contribution in [0.15, 0.2) is 12.4 Å². The van der Waals surface area contributed by atoms with Crippen molar-refractivity contribution in [3.05, 3.63) is 34.9 Å². The molecular weight excluding hydrogens is 347 g/mol. The Hall–Kier alpha value is -1.87. The summed E-state index contributed by atoms with van der Waals surface area (Å²) < 4.78 is 46.9. The average Bonchev–Trinajstić information content (AvgIpc) is 3.12. The van der Waals surface area contributed by atoms with Gasteiger partial charge in [-0.2, -0.15) is 23.4 Å². The van der Waals surface area contributed by atoms with Crippen molar-refractivity contribution in [3.8, 4) is 0 Å². The van der Waals surface area contributed by atoms with Crippen molar-refractivity contribution in [1.82, 2.24) is 24.5 Å². The van der Waals surface area contributed by atoms with Gasteiger partial charge in [0.25, 0.3) is 0 Å². The molecule has 2 aromatic rings. The van der Waals surface area contributed by atoms with Gasteiger partial charge in [-0.25, -0.2) is 0 Å². The van der Waals surface area contributed by atoms with E-state index in [0.717, 1.165) is 22.4 Å². The van der Waals surface area contributed by atoms with Gasteiger partial charge in [-0.15, -0.1) is 0 Å². The zero-order chi connectivity index (χ0) is 18.9. The van der Waals surface area contributed by atoms with Gasteiger partial charge in [-0.1, -0.05) is 0 Å². The second-order valence-electron chi connectivity index (χ2n) is 6.62. The van der Waals surface area contributed by atoms with Gasteiger partial charge in [-0.05, 0) is 20.8 Å². The standard InChI is InChI=1S/C17H24F3N5O/c1-4-24-9-14(7-21-24)8-23-5-6-26-10-15(23)16-12(2)22-25(13(16)3)11-17(18,19)20/h7,9,15H,4-6,8,10-11H2,1-3H3/t15-/m1/s1. The van der Waals surface area contributed by atoms with Crippen LogP contribution < -0.4 is 0 Å². The first-order chi connectivity index (χ1) is 12.3. The normalized spacial score (nSPS) is 19.2. The van der Waals surface area contributed by atoms with E-state index in [4.69, 9.17) is 4.74 Å². The monoisotopic (exact) mass is 371 g/mol. The third kappa shape index (κ3) is 4.09. The van der Waals surface area contributed by atoms with Crippen molar-refractivity contribution < 1.29 is 17.9 Å². The van der Waals surface area contributed by atoms with E-state index in [2.05, 4.69) is 15.1 Å². The van der Waals surface area contributed by atoms with E-state index in [0.29, 0.717) is 37.7 Å². The van der Waals surface area contributed by atoms with E-state index in [-0.39, 0.29) is 6.04 Å². The smallest absolute Gasteiger partial charge is 0.378 e. The van der Waals surface area contributed by atoms with Crippen LogP contribution in [0, 0.1) is 13.8 Å². The molecule has 0 unspecified atom stereocenters. The van der Waals surface area contributed by atoms with Crippen LogP contribution in [-0.2, 0) is 24.4 Å². The molecule has 0 radical (unpaired) electrons. The fraction of sp³-hybridized carbons (Fsp3) is 0.647. The molecule has 6 nitrogen and oxygen atoms in total. The van der Waals surface area contributed by atoms with Crippen LogP contribution >= 0.6 is 0 Å². The van der Waals surface area contributed by atoms with E-state index in [9.17, 15) is 13.2 Å². The second-order valence-corrected chi connectivity index (χ2v) is 6.62. The van der Waals surface area contributed by atoms with Crippen LogP contribution in [0.4, 0.5) is 13.2 Å². The molecule has 0 amide bonds. The third-order valence-corrected chi connectivity index (χ3v) is 4.74. The fourth-order valence-corrected chi connectivity index (χ4v) is 3.51. The summed E-state index contributed by atoms with van der Waals surface area (Å²) in [5.41, 5.74) is 3.08. The number of halogens is 3. The van der Waals surface area contributed by atoms with Gasteiger partial charge < -0.3 is 4.74 Å². The summed E-state index contributed by atoms with van der Waals surface area (Å²) in [7, 11) is 0. The molecule has 3 heterocycles. The van der Waals surface area contributed by atoms with Gasteiger partial charge in [0.2, 0.25) is 0 Å². The molecule has 1 saturated heterocycles. The van der Waals surface area contributed by atoms with Gasteiger partial charge >= 0.3 is 6.18 Å². The minimum Gasteiger partial charge on any atom is -0.378 e. The highest BCUT2D eigenvalue weighted by Gasteiger charge is 2.33. The molecule has 9 heteroatoms. The molecular formula is C17H24F3N5O. The first-order valence-electron chi connectivity index (χ1n) is 8.72. The third-order valence-electron chi connectivity index (χ3n) is 4.74. The lowest BCUT2D eigenvalue weighted by atomic mass is 10.0. The Morgan fingerprint density at radius 2 is 2.08 bits per heavy atom. The molecule has 1 fully saturated rings. The highest BCUT2D eigenvalue weighted by Crippen LogP contribution is 2.31. The Kier molecular flexibility index (Phi) is 5.38. The van der Waals surface area contributed by atoms with Crippen LogP contribution in [0.2, 0.25) is 0 Å². The van der Waals surface area contributed by atoms with E-state index in [1.54, 1.807) is 13.8 Å². The molecule has 1 aliphatic heterocycles. The Labute approximate surface area is 150 Å². The zero-order valence-corrected chi connectivity index (χ0v) is 15.3. The Morgan fingerprint density at radius 3 is 2.73 bits per heavy atom. The van der Waals surface area contributed by atoms with Crippen molar-refractivity contribution in [2.24, 2.45) is 0 Å². The molecule has 0 saturated carbocycles. The van der Waals surface area contributed by atoms with E-state index in [1.807, 2.05) is 24.0 Å². The molecule has 0 N–H and O–H groups in total. The van der Waals surface area contributed by atoms with Crippen molar-refractivity contribution in [1.29, 1.82) is 0 Å². The van der Waals surface area contributed by atoms with Gasteiger partial charge in [0.05, 0.1) is 31.1 Å². The molecule has 3 rings (SSSR count). The number of hydrogen-bond acceptors (Lipinski definition) is 4. The lowest BCUT2D eigenvalue weighted by molar-refractivity contribution is -0.143.